The van der Waals surface area contributed by atoms with Crippen LogP contribution in [-0.4, -0.2) is 106 Å². The molecule has 3 aliphatic heterocycles. The zero-order chi connectivity index (χ0) is 47.2. The Balaban J connectivity index is 0.000000182. The average molecular weight is 909 g/mol. The van der Waals surface area contributed by atoms with E-state index in [0.29, 0.717) is 48.1 Å². The highest BCUT2D eigenvalue weighted by Crippen LogP contribution is 2.40. The van der Waals surface area contributed by atoms with Gasteiger partial charge in [-0.25, -0.2) is 18.7 Å². The topological polar surface area (TPSA) is 149 Å². The Labute approximate surface area is 386 Å². The lowest BCUT2D eigenvalue weighted by Gasteiger charge is -2.40. The molecule has 14 nitrogen and oxygen atoms in total. The summed E-state index contributed by atoms with van der Waals surface area (Å²) in [6.45, 7) is 4.43. The molecule has 0 radical (unpaired) electrons. The Morgan fingerprint density at radius 3 is 1.96 bits per heavy atom. The van der Waals surface area contributed by atoms with Gasteiger partial charge in [0.05, 0.1) is 82.0 Å². The first-order chi connectivity index (χ1) is 32.5. The molecule has 2 aromatic heterocycles. The summed E-state index contributed by atoms with van der Waals surface area (Å²) in [6, 6.07) is 23.4. The van der Waals surface area contributed by atoms with Crippen molar-refractivity contribution in [3.05, 3.63) is 166 Å². The maximum atomic E-state index is 13.5. The molecule has 1 fully saturated rings. The molecular weight excluding hydrogens is 859 g/mol. The fourth-order valence-corrected chi connectivity index (χ4v) is 8.61. The number of halogens is 2. The predicted octanol–water partition coefficient (Wildman–Crippen LogP) is 7.60. The summed E-state index contributed by atoms with van der Waals surface area (Å²) in [5, 5.41) is 10.4. The third-order valence-electron chi connectivity index (χ3n) is 11.9. The average Bonchev–Trinajstić information content (AvgIpc) is 4.17. The van der Waals surface area contributed by atoms with Crippen LogP contribution in [0, 0.1) is 25.5 Å². The maximum absolute atomic E-state index is 13.5. The normalized spacial score (nSPS) is 18.6. The number of imidazole rings is 2. The highest BCUT2D eigenvalue weighted by atomic mass is 19.1. The lowest BCUT2D eigenvalue weighted by Crippen LogP contribution is -2.54. The molecule has 1 N–H and O–H groups in total. The quantitative estimate of drug-likeness (QED) is 0.117. The van der Waals surface area contributed by atoms with Crippen molar-refractivity contribution >= 4 is 36.1 Å². The molecule has 2 unspecified atom stereocenters. The Hall–Kier alpha value is -7.56. The molecule has 2 amide bonds. The van der Waals surface area contributed by atoms with Crippen molar-refractivity contribution < 1.29 is 37.7 Å². The van der Waals surface area contributed by atoms with E-state index in [9.17, 15) is 23.5 Å². The van der Waals surface area contributed by atoms with E-state index in [1.165, 1.54) is 24.3 Å². The molecule has 4 aromatic carbocycles. The van der Waals surface area contributed by atoms with Gasteiger partial charge in [0.1, 0.15) is 40.3 Å². The van der Waals surface area contributed by atoms with E-state index in [2.05, 4.69) is 20.0 Å². The first kappa shape index (κ1) is 46.0. The van der Waals surface area contributed by atoms with Crippen molar-refractivity contribution in [3.8, 4) is 22.9 Å². The molecule has 9 rings (SSSR count). The summed E-state index contributed by atoms with van der Waals surface area (Å²) in [5.41, 5.74) is 7.46. The number of benzene rings is 4. The number of amides is 2. The zero-order valence-electron chi connectivity index (χ0n) is 37.8. The lowest BCUT2D eigenvalue weighted by atomic mass is 9.87. The van der Waals surface area contributed by atoms with Gasteiger partial charge in [0.25, 0.3) is 0 Å². The molecule has 16 heteroatoms. The van der Waals surface area contributed by atoms with Gasteiger partial charge in [0, 0.05) is 31.5 Å². The smallest absolute Gasteiger partial charge is 0.229 e. The van der Waals surface area contributed by atoms with Gasteiger partial charge in [-0.3, -0.25) is 29.4 Å². The molecule has 6 aromatic rings. The molecule has 0 spiro atoms. The van der Waals surface area contributed by atoms with Gasteiger partial charge in [-0.15, -0.1) is 0 Å². The highest BCUT2D eigenvalue weighted by molar-refractivity contribution is 6.14. The summed E-state index contributed by atoms with van der Waals surface area (Å²) in [6.07, 6.45) is 12.9. The van der Waals surface area contributed by atoms with Gasteiger partial charge in [-0.2, -0.15) is 0 Å². The number of methoxy groups -OCH3 is 3. The molecule has 5 heterocycles. The van der Waals surface area contributed by atoms with Gasteiger partial charge in [-0.1, -0.05) is 36.4 Å². The molecule has 67 heavy (non-hydrogen) atoms. The maximum Gasteiger partial charge on any atom is 0.229 e. The van der Waals surface area contributed by atoms with Crippen LogP contribution in [0.3, 0.4) is 0 Å². The van der Waals surface area contributed by atoms with Crippen molar-refractivity contribution in [1.29, 1.82) is 0 Å². The third kappa shape index (κ3) is 9.44. The number of amidine groups is 2. The predicted molar refractivity (Wildman–Crippen MR) is 250 cm³/mol. The van der Waals surface area contributed by atoms with E-state index in [1.807, 2.05) is 83.9 Å². The van der Waals surface area contributed by atoms with Crippen LogP contribution in [0.4, 0.5) is 8.78 Å². The third-order valence-corrected chi connectivity index (χ3v) is 11.9. The minimum atomic E-state index is -1.03. The van der Waals surface area contributed by atoms with Crippen molar-refractivity contribution in [2.24, 2.45) is 9.98 Å². The molecule has 3 aliphatic rings. The number of carbonyl (C=O) groups is 2. The van der Waals surface area contributed by atoms with E-state index >= 15 is 0 Å². The number of aryl methyl sites for hydroxylation is 2. The summed E-state index contributed by atoms with van der Waals surface area (Å²) in [7, 11) is 4.84. The van der Waals surface area contributed by atoms with Crippen molar-refractivity contribution in [2.75, 3.05) is 47.6 Å². The van der Waals surface area contributed by atoms with E-state index in [1.54, 1.807) is 68.0 Å². The summed E-state index contributed by atoms with van der Waals surface area (Å²) in [4.78, 5) is 46.0. The van der Waals surface area contributed by atoms with Crippen LogP contribution in [0.1, 0.15) is 52.5 Å². The van der Waals surface area contributed by atoms with Crippen LogP contribution in [0.25, 0.3) is 23.5 Å². The Morgan fingerprint density at radius 2 is 1.40 bits per heavy atom. The Morgan fingerprint density at radius 1 is 0.806 bits per heavy atom. The molecule has 1 saturated heterocycles. The highest BCUT2D eigenvalue weighted by Gasteiger charge is 2.49. The monoisotopic (exact) mass is 908 g/mol. The van der Waals surface area contributed by atoms with E-state index < -0.39 is 5.54 Å². The van der Waals surface area contributed by atoms with Crippen molar-refractivity contribution in [1.82, 2.24) is 28.9 Å². The number of fused-ring (bicyclic) bond motifs is 1. The second-order valence-electron chi connectivity index (χ2n) is 16.3. The minimum Gasteiger partial charge on any atom is -0.495 e. The fourth-order valence-electron chi connectivity index (χ4n) is 8.61. The van der Waals surface area contributed by atoms with E-state index in [-0.39, 0.29) is 43.3 Å². The number of aliphatic hydroxyl groups is 1. The largest absolute Gasteiger partial charge is 0.495 e. The Kier molecular flexibility index (Phi) is 13.7. The molecule has 0 bridgehead atoms. The summed E-state index contributed by atoms with van der Waals surface area (Å²) >= 11 is 0. The molecule has 0 saturated carbocycles. The van der Waals surface area contributed by atoms with Gasteiger partial charge >= 0.3 is 0 Å². The van der Waals surface area contributed by atoms with E-state index in [0.717, 1.165) is 57.0 Å². The van der Waals surface area contributed by atoms with Crippen LogP contribution in [0.2, 0.25) is 0 Å². The van der Waals surface area contributed by atoms with Gasteiger partial charge in [-0.05, 0) is 109 Å². The SMILES string of the molecule is COC/C(=C\c1ccc(-n2cnc(C)c2)c(OC)c1)C1=NCC(c2ccc(F)cc2)N1C=O.COc1cc(/C=C2\CCC(=O)N3C2=NCC3(CO)c2ccc(F)cc2)ccc1-n1cnc(C)c1. The molecule has 344 valence electrons. The molecule has 2 atom stereocenters. The fraction of sp³-hybridized carbons (Fsp3) is 0.255. The first-order valence-electron chi connectivity index (χ1n) is 21.6. The van der Waals surface area contributed by atoms with E-state index in [4.69, 9.17) is 14.2 Å². The molecule has 0 aliphatic carbocycles. The standard InChI is InChI=1S/C26H25FN4O3.C25H25FN4O3/c1-17-13-30(16-29-17)22-9-3-18(12-23(22)34-2)11-19-4-10-24(33)31-25(19)28-14-26(31,15-32)20-5-7-21(27)8-6-20;1-17-13-29(15-28-17)22-9-4-18(11-24(22)33-3)10-20(14-32-2)25-27-12-23(30(25)16-31)19-5-7-21(26)8-6-19/h3,5-9,11-13,16,32H,4,10,14-15H2,1-2H3;4-11,13,15-16,23H,12,14H2,1-3H3/b19-11+;20-10+. The number of aromatic nitrogens is 4. The van der Waals surface area contributed by atoms with Crippen LogP contribution < -0.4 is 9.47 Å². The number of ether oxygens (including phenoxy) is 3. The minimum absolute atomic E-state index is 0.102. The summed E-state index contributed by atoms with van der Waals surface area (Å²) < 4.78 is 47.3. The summed E-state index contributed by atoms with van der Waals surface area (Å²) in [5.74, 6) is 1.68. The van der Waals surface area contributed by atoms with Crippen molar-refractivity contribution in [3.63, 3.8) is 0 Å². The first-order valence-corrected chi connectivity index (χ1v) is 21.6. The van der Waals surface area contributed by atoms with Crippen LogP contribution in [-0.2, 0) is 19.9 Å². The van der Waals surface area contributed by atoms with Crippen molar-refractivity contribution in [2.45, 2.75) is 38.3 Å². The number of aliphatic imine (C=N–C) groups is 2. The molecular formula is C51H50F2N8O6. The van der Waals surface area contributed by atoms with Gasteiger partial charge in [0.15, 0.2) is 0 Å². The number of hydrogen-bond donors (Lipinski definition) is 1. The van der Waals surface area contributed by atoms with Gasteiger partial charge < -0.3 is 28.5 Å². The van der Waals surface area contributed by atoms with Crippen LogP contribution >= 0.6 is 0 Å². The number of piperidine rings is 1. The zero-order valence-corrected chi connectivity index (χ0v) is 37.8. The number of rotatable bonds is 13. The second kappa shape index (κ2) is 19.9. The van der Waals surface area contributed by atoms with Crippen LogP contribution in [0.15, 0.2) is 131 Å². The number of nitrogens with zero attached hydrogens (tertiary/aromatic N) is 8. The second-order valence-corrected chi connectivity index (χ2v) is 16.3. The number of carbonyl (C=O) groups excluding carboxylic acids is 2. The number of aliphatic hydroxyl groups excluding tert-OH is 1. The number of hydrogen-bond acceptors (Lipinski definition) is 10. The Bertz CT molecular complexity index is 2900. The van der Waals surface area contributed by atoms with Gasteiger partial charge in [0.2, 0.25) is 12.3 Å². The lowest BCUT2D eigenvalue weighted by molar-refractivity contribution is -0.133. The van der Waals surface area contributed by atoms with Crippen LogP contribution in [0.5, 0.6) is 11.5 Å².